The fourth-order valence-corrected chi connectivity index (χ4v) is 3.64. The van der Waals surface area contributed by atoms with Gasteiger partial charge in [0, 0.05) is 36.6 Å². The molecule has 1 aromatic heterocycles. The van der Waals surface area contributed by atoms with Crippen molar-refractivity contribution in [3.63, 3.8) is 0 Å². The molecule has 0 spiro atoms. The summed E-state index contributed by atoms with van der Waals surface area (Å²) < 4.78 is 1.49. The van der Waals surface area contributed by atoms with Crippen molar-refractivity contribution in [3.8, 4) is 0 Å². The molecule has 0 saturated heterocycles. The van der Waals surface area contributed by atoms with Gasteiger partial charge in [0.05, 0.1) is 11.1 Å². The van der Waals surface area contributed by atoms with Gasteiger partial charge in [-0.1, -0.05) is 41.9 Å². The van der Waals surface area contributed by atoms with Crippen LogP contribution in [0.15, 0.2) is 48.7 Å². The van der Waals surface area contributed by atoms with Crippen molar-refractivity contribution in [1.29, 1.82) is 0 Å². The molecule has 0 unspecified atom stereocenters. The second-order valence-electron chi connectivity index (χ2n) is 6.34. The minimum Gasteiger partial charge on any atom is -0.334 e. The van der Waals surface area contributed by atoms with Gasteiger partial charge in [0.25, 0.3) is 5.91 Å². The van der Waals surface area contributed by atoms with Crippen molar-refractivity contribution in [1.82, 2.24) is 9.47 Å². The van der Waals surface area contributed by atoms with Crippen LogP contribution in [0.25, 0.3) is 10.9 Å². The number of benzene rings is 2. The number of amides is 1. The molecule has 0 radical (unpaired) electrons. The molecule has 126 valence electrons. The molecule has 1 aliphatic heterocycles. The minimum absolute atomic E-state index is 0.0539. The Bertz CT molecular complexity index is 1010. The van der Waals surface area contributed by atoms with Crippen LogP contribution in [0.4, 0.5) is 0 Å². The van der Waals surface area contributed by atoms with E-state index in [1.54, 1.807) is 18.3 Å². The van der Waals surface area contributed by atoms with Gasteiger partial charge in [0.15, 0.2) is 0 Å². The van der Waals surface area contributed by atoms with E-state index in [1.807, 2.05) is 23.1 Å². The molecule has 5 heteroatoms. The summed E-state index contributed by atoms with van der Waals surface area (Å²) >= 11 is 6.07. The molecule has 0 N–H and O–H groups in total. The first-order valence-corrected chi connectivity index (χ1v) is 8.60. The van der Waals surface area contributed by atoms with Crippen molar-refractivity contribution in [2.24, 2.45) is 0 Å². The Kier molecular flexibility index (Phi) is 3.85. The molecule has 0 bridgehead atoms. The van der Waals surface area contributed by atoms with E-state index in [1.165, 1.54) is 22.6 Å². The maximum absolute atomic E-state index is 13.1. The third-order valence-electron chi connectivity index (χ3n) is 4.76. The predicted molar refractivity (Wildman–Crippen MR) is 98.1 cm³/mol. The molecule has 4 nitrogen and oxygen atoms in total. The molecule has 0 saturated carbocycles. The smallest absolute Gasteiger partial charge is 0.256 e. The second-order valence-corrected chi connectivity index (χ2v) is 6.78. The first-order valence-electron chi connectivity index (χ1n) is 8.22. The van der Waals surface area contributed by atoms with E-state index < -0.39 is 0 Å². The van der Waals surface area contributed by atoms with Crippen molar-refractivity contribution < 1.29 is 9.59 Å². The van der Waals surface area contributed by atoms with Gasteiger partial charge < -0.3 is 4.90 Å². The van der Waals surface area contributed by atoms with E-state index in [0.717, 1.165) is 11.8 Å². The Hall–Kier alpha value is -2.59. The van der Waals surface area contributed by atoms with E-state index in [9.17, 15) is 9.59 Å². The van der Waals surface area contributed by atoms with E-state index in [-0.39, 0.29) is 11.8 Å². The highest BCUT2D eigenvalue weighted by Gasteiger charge is 2.25. The average molecular weight is 353 g/mol. The van der Waals surface area contributed by atoms with E-state index >= 15 is 0 Å². The number of nitrogens with zero attached hydrogens (tertiary/aromatic N) is 2. The second kappa shape index (κ2) is 6.05. The molecule has 0 atom stereocenters. The van der Waals surface area contributed by atoms with Crippen LogP contribution < -0.4 is 0 Å². The highest BCUT2D eigenvalue weighted by molar-refractivity contribution is 6.31. The highest BCUT2D eigenvalue weighted by Crippen LogP contribution is 2.28. The van der Waals surface area contributed by atoms with Gasteiger partial charge in [0.2, 0.25) is 5.91 Å². The number of rotatable bonds is 1. The SMILES string of the molecule is CC(=O)n1cc(C(=O)N2CCc3ccccc3C2)c2ccc(Cl)cc21. The third-order valence-corrected chi connectivity index (χ3v) is 4.99. The lowest BCUT2D eigenvalue weighted by Gasteiger charge is -2.28. The molecule has 0 fully saturated rings. The lowest BCUT2D eigenvalue weighted by atomic mass is 9.99. The zero-order valence-electron chi connectivity index (χ0n) is 13.8. The van der Waals surface area contributed by atoms with Gasteiger partial charge in [-0.2, -0.15) is 0 Å². The minimum atomic E-state index is -0.143. The van der Waals surface area contributed by atoms with Crippen LogP contribution in [0, 0.1) is 0 Å². The van der Waals surface area contributed by atoms with Crippen molar-refractivity contribution in [2.75, 3.05) is 6.54 Å². The van der Waals surface area contributed by atoms with Crippen LogP contribution in [0.1, 0.15) is 33.2 Å². The van der Waals surface area contributed by atoms with E-state index in [2.05, 4.69) is 12.1 Å². The zero-order valence-corrected chi connectivity index (χ0v) is 14.6. The number of halogens is 1. The van der Waals surface area contributed by atoms with Crippen LogP contribution in [-0.4, -0.2) is 27.8 Å². The van der Waals surface area contributed by atoms with Gasteiger partial charge in [-0.05, 0) is 29.7 Å². The normalized spacial score (nSPS) is 13.8. The summed E-state index contributed by atoms with van der Waals surface area (Å²) in [6.07, 6.45) is 2.48. The van der Waals surface area contributed by atoms with Gasteiger partial charge in [-0.3, -0.25) is 14.2 Å². The highest BCUT2D eigenvalue weighted by atomic mass is 35.5. The van der Waals surface area contributed by atoms with Crippen LogP contribution >= 0.6 is 11.6 Å². The molecular weight excluding hydrogens is 336 g/mol. The van der Waals surface area contributed by atoms with E-state index in [4.69, 9.17) is 11.6 Å². The quantitative estimate of drug-likeness (QED) is 0.660. The summed E-state index contributed by atoms with van der Waals surface area (Å²) in [6, 6.07) is 13.5. The van der Waals surface area contributed by atoms with Crippen molar-refractivity contribution in [2.45, 2.75) is 19.9 Å². The van der Waals surface area contributed by atoms with Crippen molar-refractivity contribution in [3.05, 3.63) is 70.4 Å². The Morgan fingerprint density at radius 3 is 2.60 bits per heavy atom. The Labute approximate surface area is 150 Å². The molecule has 4 rings (SSSR count). The summed E-state index contributed by atoms with van der Waals surface area (Å²) in [5, 5.41) is 1.29. The van der Waals surface area contributed by atoms with Crippen LogP contribution in [-0.2, 0) is 13.0 Å². The van der Waals surface area contributed by atoms with Gasteiger partial charge >= 0.3 is 0 Å². The largest absolute Gasteiger partial charge is 0.334 e. The number of aromatic nitrogens is 1. The summed E-state index contributed by atoms with van der Waals surface area (Å²) in [5.74, 6) is -0.197. The summed E-state index contributed by atoms with van der Waals surface area (Å²) in [4.78, 5) is 26.9. The van der Waals surface area contributed by atoms with Crippen LogP contribution in [0.5, 0.6) is 0 Å². The first kappa shape index (κ1) is 15.9. The lowest BCUT2D eigenvalue weighted by Crippen LogP contribution is -2.35. The third kappa shape index (κ3) is 2.72. The summed E-state index contributed by atoms with van der Waals surface area (Å²) in [7, 11) is 0. The number of hydrogen-bond acceptors (Lipinski definition) is 2. The Morgan fingerprint density at radius 1 is 1.08 bits per heavy atom. The number of carbonyl (C=O) groups excluding carboxylic acids is 2. The predicted octanol–water partition coefficient (Wildman–Crippen LogP) is 4.15. The maximum Gasteiger partial charge on any atom is 0.256 e. The molecule has 2 heterocycles. The molecule has 3 aromatic rings. The Morgan fingerprint density at radius 2 is 1.84 bits per heavy atom. The number of fused-ring (bicyclic) bond motifs is 2. The van der Waals surface area contributed by atoms with Gasteiger partial charge in [-0.15, -0.1) is 0 Å². The molecule has 1 amide bonds. The number of hydrogen-bond donors (Lipinski definition) is 0. The topological polar surface area (TPSA) is 42.3 Å². The number of carbonyl (C=O) groups is 2. The van der Waals surface area contributed by atoms with Crippen molar-refractivity contribution >= 4 is 34.3 Å². The summed E-state index contributed by atoms with van der Waals surface area (Å²) in [6.45, 7) is 2.75. The van der Waals surface area contributed by atoms with Crippen LogP contribution in [0.2, 0.25) is 5.02 Å². The maximum atomic E-state index is 13.1. The fraction of sp³-hybridized carbons (Fsp3) is 0.200. The zero-order chi connectivity index (χ0) is 17.6. The standard InChI is InChI=1S/C20H17ClN2O2/c1-13(24)23-12-18(17-7-6-16(21)10-19(17)23)20(25)22-9-8-14-4-2-3-5-15(14)11-22/h2-7,10,12H,8-9,11H2,1H3. The average Bonchev–Trinajstić information content (AvgIpc) is 2.99. The van der Waals surface area contributed by atoms with Gasteiger partial charge in [-0.25, -0.2) is 0 Å². The fourth-order valence-electron chi connectivity index (χ4n) is 3.47. The molecule has 1 aliphatic rings. The van der Waals surface area contributed by atoms with Crippen LogP contribution in [0.3, 0.4) is 0 Å². The molecule has 2 aromatic carbocycles. The first-order chi connectivity index (χ1) is 12.0. The van der Waals surface area contributed by atoms with Gasteiger partial charge in [0.1, 0.15) is 0 Å². The molecule has 0 aliphatic carbocycles. The lowest BCUT2D eigenvalue weighted by molar-refractivity contribution is 0.0736. The summed E-state index contributed by atoms with van der Waals surface area (Å²) in [5.41, 5.74) is 3.69. The Balaban J connectivity index is 1.75. The molecular formula is C20H17ClN2O2. The molecule has 25 heavy (non-hydrogen) atoms. The van der Waals surface area contributed by atoms with E-state index in [0.29, 0.717) is 29.2 Å². The monoisotopic (exact) mass is 352 g/mol.